The normalized spacial score (nSPS) is 13.3. The molecule has 0 rings (SSSR count). The molecule has 7 nitrogen and oxygen atoms in total. The Balaban J connectivity index is 3.71. The van der Waals surface area contributed by atoms with Gasteiger partial charge in [0.1, 0.15) is 6.10 Å². The molecule has 0 aromatic carbocycles. The van der Waals surface area contributed by atoms with Gasteiger partial charge in [-0.25, -0.2) is 4.79 Å². The van der Waals surface area contributed by atoms with Crippen LogP contribution in [0.2, 0.25) is 0 Å². The third kappa shape index (κ3) is 24.5. The number of ether oxygens (including phenoxy) is 2. The lowest BCUT2D eigenvalue weighted by molar-refractivity contribution is 0.0100. The molecule has 0 aliphatic heterocycles. The maximum atomic E-state index is 11.5. The van der Waals surface area contributed by atoms with E-state index in [1.54, 1.807) is 0 Å². The van der Waals surface area contributed by atoms with E-state index in [-0.39, 0.29) is 6.61 Å². The molecule has 0 aliphatic carbocycles. The fraction of sp³-hybridized carbons (Fsp3) is 0.960. The molecule has 0 aromatic heterocycles. The highest BCUT2D eigenvalue weighted by molar-refractivity contribution is 7.40. The van der Waals surface area contributed by atoms with Crippen molar-refractivity contribution in [2.45, 2.75) is 116 Å². The topological polar surface area (TPSA) is 77.5 Å². The molecule has 0 aromatic rings. The number of carbonyl (C=O) groups is 1. The second kappa shape index (κ2) is 24.7. The zero-order valence-corrected chi connectivity index (χ0v) is 22.8. The van der Waals surface area contributed by atoms with E-state index in [2.05, 4.69) is 11.7 Å². The van der Waals surface area contributed by atoms with Gasteiger partial charge in [0.25, 0.3) is 0 Å². The van der Waals surface area contributed by atoms with Crippen molar-refractivity contribution < 1.29 is 28.2 Å². The largest absolute Gasteiger partial charge is 0.508 e. The number of likely N-dealkylation sites (N-methyl/N-ethyl adjacent to an activating group) is 1. The minimum absolute atomic E-state index is 0.109. The summed E-state index contributed by atoms with van der Waals surface area (Å²) < 4.78 is 20.5. The first-order chi connectivity index (χ1) is 16.0. The van der Waals surface area contributed by atoms with E-state index >= 15 is 0 Å². The van der Waals surface area contributed by atoms with Crippen LogP contribution in [0.1, 0.15) is 110 Å². The van der Waals surface area contributed by atoms with Crippen molar-refractivity contribution >= 4 is 14.8 Å². The van der Waals surface area contributed by atoms with Crippen molar-refractivity contribution in [1.29, 1.82) is 0 Å². The van der Waals surface area contributed by atoms with Crippen LogP contribution in [0.4, 0.5) is 4.79 Å². The summed E-state index contributed by atoms with van der Waals surface area (Å²) in [6, 6.07) is 0. The summed E-state index contributed by atoms with van der Waals surface area (Å²) in [4.78, 5) is 23.3. The van der Waals surface area contributed by atoms with E-state index < -0.39 is 20.9 Å². The first kappa shape index (κ1) is 32.5. The highest BCUT2D eigenvalue weighted by Crippen LogP contribution is 2.33. The third-order valence-corrected chi connectivity index (χ3v) is 6.44. The fourth-order valence-corrected chi connectivity index (χ4v) is 4.20. The molecule has 1 N–H and O–H groups in total. The predicted octanol–water partition coefficient (Wildman–Crippen LogP) is 7.21. The number of rotatable bonds is 24. The molecule has 0 amide bonds. The minimum atomic E-state index is -1.97. The lowest BCUT2D eigenvalue weighted by atomic mass is 10.0. The van der Waals surface area contributed by atoms with E-state index in [4.69, 9.17) is 13.8 Å². The molecule has 0 fully saturated rings. The Labute approximate surface area is 204 Å². The van der Waals surface area contributed by atoms with Crippen molar-refractivity contribution in [2.24, 2.45) is 0 Å². The molecule has 2 atom stereocenters. The van der Waals surface area contributed by atoms with Gasteiger partial charge in [0.2, 0.25) is 0 Å². The van der Waals surface area contributed by atoms with Gasteiger partial charge < -0.3 is 28.3 Å². The molecule has 0 radical (unpaired) electrons. The van der Waals surface area contributed by atoms with Crippen LogP contribution in [0.15, 0.2) is 0 Å². The summed E-state index contributed by atoms with van der Waals surface area (Å²) in [5.41, 5.74) is 0. The number of methoxy groups -OCH3 is 1. The maximum absolute atomic E-state index is 11.5. The van der Waals surface area contributed by atoms with Crippen LogP contribution in [-0.2, 0) is 18.5 Å². The Hall–Kier alpha value is -0.460. The highest BCUT2D eigenvalue weighted by atomic mass is 31.2. The van der Waals surface area contributed by atoms with Crippen molar-refractivity contribution in [3.05, 3.63) is 0 Å². The van der Waals surface area contributed by atoms with Crippen molar-refractivity contribution in [2.75, 3.05) is 41.0 Å². The first-order valence-corrected chi connectivity index (χ1v) is 14.3. The molecule has 8 heteroatoms. The Morgan fingerprint density at radius 1 is 0.818 bits per heavy atom. The summed E-state index contributed by atoms with van der Waals surface area (Å²) in [6.45, 7) is 3.46. The Kier molecular flexibility index (Phi) is 24.3. The lowest BCUT2D eigenvalue weighted by Crippen LogP contribution is -2.23. The van der Waals surface area contributed by atoms with Gasteiger partial charge in [0.15, 0.2) is 0 Å². The molecule has 0 saturated carbocycles. The van der Waals surface area contributed by atoms with Gasteiger partial charge in [-0.2, -0.15) is 0 Å². The predicted molar refractivity (Wildman–Crippen MR) is 136 cm³/mol. The van der Waals surface area contributed by atoms with E-state index in [0.29, 0.717) is 19.6 Å². The maximum Gasteiger partial charge on any atom is 0.508 e. The lowest BCUT2D eigenvalue weighted by Gasteiger charge is -2.19. The van der Waals surface area contributed by atoms with Gasteiger partial charge in [-0.3, -0.25) is 0 Å². The Morgan fingerprint density at radius 3 is 1.76 bits per heavy atom. The average Bonchev–Trinajstić information content (AvgIpc) is 2.79. The zero-order valence-electron chi connectivity index (χ0n) is 21.9. The van der Waals surface area contributed by atoms with Crippen LogP contribution in [0.25, 0.3) is 0 Å². The number of hydrogen-bond donors (Lipinski definition) is 1. The molecule has 33 heavy (non-hydrogen) atoms. The smallest absolute Gasteiger partial charge is 0.438 e. The molecule has 2 unspecified atom stereocenters. The van der Waals surface area contributed by atoms with Crippen LogP contribution in [0.5, 0.6) is 0 Å². The number of carbonyl (C=O) groups excluding carboxylic acids is 1. The van der Waals surface area contributed by atoms with E-state index in [1.807, 2.05) is 19.0 Å². The second-order valence-electron chi connectivity index (χ2n) is 9.10. The Morgan fingerprint density at radius 2 is 1.30 bits per heavy atom. The monoisotopic (exact) mass is 493 g/mol. The molecular weight excluding hydrogens is 441 g/mol. The van der Waals surface area contributed by atoms with Gasteiger partial charge in [0, 0.05) is 6.54 Å². The minimum Gasteiger partial charge on any atom is -0.438 e. The van der Waals surface area contributed by atoms with E-state index in [0.717, 1.165) is 12.8 Å². The summed E-state index contributed by atoms with van der Waals surface area (Å²) >= 11 is 0. The summed E-state index contributed by atoms with van der Waals surface area (Å²) in [5, 5.41) is 0. The zero-order chi connectivity index (χ0) is 24.6. The van der Waals surface area contributed by atoms with E-state index in [9.17, 15) is 9.69 Å². The molecule has 0 spiro atoms. The fourth-order valence-electron chi connectivity index (χ4n) is 3.59. The molecule has 0 aliphatic rings. The van der Waals surface area contributed by atoms with Gasteiger partial charge in [-0.05, 0) is 26.9 Å². The van der Waals surface area contributed by atoms with Gasteiger partial charge >= 0.3 is 14.8 Å². The molecular formula is C25H52NO6P. The average molecular weight is 494 g/mol. The summed E-state index contributed by atoms with van der Waals surface area (Å²) in [7, 11) is 3.18. The summed E-state index contributed by atoms with van der Waals surface area (Å²) in [6.07, 6.45) is 19.2. The van der Waals surface area contributed by atoms with Crippen LogP contribution in [-0.4, -0.2) is 63.0 Å². The van der Waals surface area contributed by atoms with E-state index in [1.165, 1.54) is 90.6 Å². The van der Waals surface area contributed by atoms with Crippen LogP contribution >= 0.6 is 8.60 Å². The SMILES string of the molecule is CCCCCCCCCCCCCCCCCC(COP(O)OCCN(C)C)OC(=O)OC. The second-order valence-corrected chi connectivity index (χ2v) is 10.1. The standard InChI is InChI=1S/C25H52NO6P/c1-5-6-7-8-9-10-11-12-13-14-15-16-17-18-19-20-24(32-25(27)29-4)23-31-33(28)30-22-21-26(2)3/h24,28H,5-23H2,1-4H3. The molecule has 0 bridgehead atoms. The quantitative estimate of drug-likeness (QED) is 0.0864. The van der Waals surface area contributed by atoms with Gasteiger partial charge in [0.05, 0.1) is 20.3 Å². The molecule has 0 saturated heterocycles. The summed E-state index contributed by atoms with van der Waals surface area (Å²) in [5.74, 6) is 0. The van der Waals surface area contributed by atoms with Crippen LogP contribution in [0, 0.1) is 0 Å². The number of unbranched alkanes of at least 4 members (excludes halogenated alkanes) is 14. The molecule has 198 valence electrons. The van der Waals surface area contributed by atoms with Crippen LogP contribution in [0.3, 0.4) is 0 Å². The number of nitrogens with zero attached hydrogens (tertiary/aromatic N) is 1. The number of hydrogen-bond acceptors (Lipinski definition) is 7. The van der Waals surface area contributed by atoms with Crippen molar-refractivity contribution in [3.63, 3.8) is 0 Å². The van der Waals surface area contributed by atoms with Gasteiger partial charge in [-0.15, -0.1) is 0 Å². The van der Waals surface area contributed by atoms with Crippen molar-refractivity contribution in [1.82, 2.24) is 4.90 Å². The molecule has 0 heterocycles. The third-order valence-electron chi connectivity index (χ3n) is 5.67. The highest BCUT2D eigenvalue weighted by Gasteiger charge is 2.18. The first-order valence-electron chi connectivity index (χ1n) is 13.1. The van der Waals surface area contributed by atoms with Gasteiger partial charge in [-0.1, -0.05) is 96.8 Å². The Bertz CT molecular complexity index is 428. The van der Waals surface area contributed by atoms with Crippen molar-refractivity contribution in [3.8, 4) is 0 Å². The van der Waals surface area contributed by atoms with Crippen LogP contribution < -0.4 is 0 Å².